The second-order valence-electron chi connectivity index (χ2n) is 8.68. The summed E-state index contributed by atoms with van der Waals surface area (Å²) in [5, 5.41) is 0.693. The fourth-order valence-electron chi connectivity index (χ4n) is 4.39. The molecule has 0 saturated heterocycles. The van der Waals surface area contributed by atoms with Crippen LogP contribution in [0.3, 0.4) is 0 Å². The van der Waals surface area contributed by atoms with Gasteiger partial charge in [0.1, 0.15) is 0 Å². The number of hydrogen-bond donors (Lipinski definition) is 0. The van der Waals surface area contributed by atoms with Gasteiger partial charge in [0.05, 0.1) is 0 Å². The number of nitrogens with zero attached hydrogens (tertiary/aromatic N) is 3. The lowest BCUT2D eigenvalue weighted by Gasteiger charge is -2.13. The first-order valence-electron chi connectivity index (χ1n) is 12.1. The van der Waals surface area contributed by atoms with Gasteiger partial charge in [-0.2, -0.15) is 0 Å². The van der Waals surface area contributed by atoms with Crippen LogP contribution in [-0.4, -0.2) is 15.0 Å². The summed E-state index contributed by atoms with van der Waals surface area (Å²) in [6, 6.07) is 44.7. The van der Waals surface area contributed by atoms with Gasteiger partial charge >= 0.3 is 0 Å². The van der Waals surface area contributed by atoms with E-state index in [9.17, 15) is 0 Å². The molecule has 0 amide bonds. The molecule has 6 rings (SSSR count). The van der Waals surface area contributed by atoms with Crippen LogP contribution >= 0.6 is 11.6 Å². The van der Waals surface area contributed by atoms with Crippen LogP contribution in [0.5, 0.6) is 0 Å². The molecule has 0 saturated carbocycles. The number of benzene rings is 5. The molecule has 37 heavy (non-hydrogen) atoms. The Morgan fingerprint density at radius 3 is 1.38 bits per heavy atom. The highest BCUT2D eigenvalue weighted by atomic mass is 35.5. The Hall–Kier alpha value is -4.60. The Kier molecular flexibility index (Phi) is 6.28. The van der Waals surface area contributed by atoms with Gasteiger partial charge in [-0.05, 0) is 40.5 Å². The molecule has 0 radical (unpaired) electrons. The smallest absolute Gasteiger partial charge is 0.164 e. The maximum absolute atomic E-state index is 6.46. The van der Waals surface area contributed by atoms with E-state index in [1.807, 2.05) is 103 Å². The molecule has 3 nitrogen and oxygen atoms in total. The van der Waals surface area contributed by atoms with Crippen LogP contribution in [0.15, 0.2) is 133 Å². The van der Waals surface area contributed by atoms with Gasteiger partial charge in [-0.3, -0.25) is 0 Å². The SMILES string of the molecule is Clc1ccc(-c2ccccc2)c(-c2cccc(-c3nc(-c4ccccc4)nc(-c4ccccc4)n3)c2)c1. The maximum atomic E-state index is 6.46. The van der Waals surface area contributed by atoms with Crippen molar-refractivity contribution in [1.29, 1.82) is 0 Å². The third-order valence-electron chi connectivity index (χ3n) is 6.20. The van der Waals surface area contributed by atoms with Crippen LogP contribution in [-0.2, 0) is 0 Å². The first kappa shape index (κ1) is 22.8. The molecule has 0 fully saturated rings. The van der Waals surface area contributed by atoms with Gasteiger partial charge in [0.15, 0.2) is 17.5 Å². The highest BCUT2D eigenvalue weighted by Gasteiger charge is 2.14. The molecule has 0 aliphatic carbocycles. The van der Waals surface area contributed by atoms with Crippen LogP contribution in [0.1, 0.15) is 0 Å². The number of halogens is 1. The van der Waals surface area contributed by atoms with E-state index in [0.717, 1.165) is 38.9 Å². The average Bonchev–Trinajstić information content (AvgIpc) is 2.98. The van der Waals surface area contributed by atoms with E-state index in [1.165, 1.54) is 0 Å². The normalized spacial score (nSPS) is 10.8. The van der Waals surface area contributed by atoms with E-state index in [0.29, 0.717) is 22.5 Å². The summed E-state index contributed by atoms with van der Waals surface area (Å²) in [5.74, 6) is 1.91. The van der Waals surface area contributed by atoms with Gasteiger partial charge in [0.25, 0.3) is 0 Å². The summed E-state index contributed by atoms with van der Waals surface area (Å²) in [5.41, 5.74) is 7.16. The summed E-state index contributed by atoms with van der Waals surface area (Å²) in [6.07, 6.45) is 0. The predicted octanol–water partition coefficient (Wildman–Crippen LogP) is 8.86. The van der Waals surface area contributed by atoms with E-state index in [4.69, 9.17) is 26.6 Å². The first-order chi connectivity index (χ1) is 18.2. The lowest BCUT2D eigenvalue weighted by molar-refractivity contribution is 1.07. The van der Waals surface area contributed by atoms with Crippen molar-refractivity contribution in [2.24, 2.45) is 0 Å². The lowest BCUT2D eigenvalue weighted by Crippen LogP contribution is -2.00. The van der Waals surface area contributed by atoms with Gasteiger partial charge in [0, 0.05) is 21.7 Å². The van der Waals surface area contributed by atoms with Crippen molar-refractivity contribution in [1.82, 2.24) is 15.0 Å². The zero-order valence-electron chi connectivity index (χ0n) is 19.9. The first-order valence-corrected chi connectivity index (χ1v) is 12.5. The highest BCUT2D eigenvalue weighted by Crippen LogP contribution is 2.36. The van der Waals surface area contributed by atoms with Crippen LogP contribution in [0.25, 0.3) is 56.4 Å². The van der Waals surface area contributed by atoms with Crippen molar-refractivity contribution in [3.05, 3.63) is 138 Å². The van der Waals surface area contributed by atoms with Crippen LogP contribution < -0.4 is 0 Å². The Morgan fingerprint density at radius 2 is 0.811 bits per heavy atom. The number of rotatable bonds is 5. The van der Waals surface area contributed by atoms with Gasteiger partial charge in [-0.25, -0.2) is 15.0 Å². The molecule has 1 aromatic heterocycles. The lowest BCUT2D eigenvalue weighted by atomic mass is 9.93. The Morgan fingerprint density at radius 1 is 0.351 bits per heavy atom. The average molecular weight is 496 g/mol. The molecular formula is C33H22ClN3. The molecule has 0 aliphatic heterocycles. The summed E-state index contributed by atoms with van der Waals surface area (Å²) >= 11 is 6.46. The van der Waals surface area contributed by atoms with Crippen molar-refractivity contribution in [3.8, 4) is 56.4 Å². The standard InChI is InChI=1S/C33H22ClN3/c34-28-19-20-29(23-11-4-1-5-12-23)30(22-28)26-17-10-18-27(21-26)33-36-31(24-13-6-2-7-14-24)35-32(37-33)25-15-8-3-9-16-25/h1-22H. The van der Waals surface area contributed by atoms with E-state index >= 15 is 0 Å². The van der Waals surface area contributed by atoms with Gasteiger partial charge in [0.2, 0.25) is 0 Å². The minimum absolute atomic E-state index is 0.623. The molecule has 6 aromatic rings. The molecule has 0 atom stereocenters. The second kappa shape index (κ2) is 10.2. The molecule has 5 aromatic carbocycles. The molecular weight excluding hydrogens is 474 g/mol. The van der Waals surface area contributed by atoms with Crippen molar-refractivity contribution in [2.45, 2.75) is 0 Å². The molecule has 176 valence electrons. The van der Waals surface area contributed by atoms with Crippen LogP contribution in [0.2, 0.25) is 5.02 Å². The summed E-state index contributed by atoms with van der Waals surface area (Å²) in [4.78, 5) is 14.6. The molecule has 0 N–H and O–H groups in total. The van der Waals surface area contributed by atoms with E-state index in [2.05, 4.69) is 30.3 Å². The Balaban J connectivity index is 1.51. The zero-order valence-corrected chi connectivity index (χ0v) is 20.7. The topological polar surface area (TPSA) is 38.7 Å². The molecule has 0 spiro atoms. The van der Waals surface area contributed by atoms with Gasteiger partial charge in [-0.1, -0.05) is 127 Å². The predicted molar refractivity (Wildman–Crippen MR) is 152 cm³/mol. The Bertz CT molecular complexity index is 1610. The minimum atomic E-state index is 0.623. The van der Waals surface area contributed by atoms with Crippen molar-refractivity contribution in [2.75, 3.05) is 0 Å². The van der Waals surface area contributed by atoms with E-state index < -0.39 is 0 Å². The largest absolute Gasteiger partial charge is 0.208 e. The molecule has 4 heteroatoms. The second-order valence-corrected chi connectivity index (χ2v) is 9.11. The number of hydrogen-bond acceptors (Lipinski definition) is 3. The fraction of sp³-hybridized carbons (Fsp3) is 0. The van der Waals surface area contributed by atoms with Crippen molar-refractivity contribution >= 4 is 11.6 Å². The van der Waals surface area contributed by atoms with E-state index in [1.54, 1.807) is 0 Å². The Labute approximate surface area is 221 Å². The minimum Gasteiger partial charge on any atom is -0.208 e. The summed E-state index contributed by atoms with van der Waals surface area (Å²) < 4.78 is 0. The van der Waals surface area contributed by atoms with Gasteiger partial charge in [-0.15, -0.1) is 0 Å². The van der Waals surface area contributed by atoms with Crippen LogP contribution in [0.4, 0.5) is 0 Å². The molecule has 0 aliphatic rings. The highest BCUT2D eigenvalue weighted by molar-refractivity contribution is 6.31. The molecule has 0 bridgehead atoms. The maximum Gasteiger partial charge on any atom is 0.164 e. The van der Waals surface area contributed by atoms with Crippen molar-refractivity contribution in [3.63, 3.8) is 0 Å². The van der Waals surface area contributed by atoms with Gasteiger partial charge < -0.3 is 0 Å². The third kappa shape index (κ3) is 4.90. The summed E-state index contributed by atoms with van der Waals surface area (Å²) in [7, 11) is 0. The van der Waals surface area contributed by atoms with Crippen LogP contribution in [0, 0.1) is 0 Å². The van der Waals surface area contributed by atoms with E-state index in [-0.39, 0.29) is 0 Å². The third-order valence-corrected chi connectivity index (χ3v) is 6.43. The summed E-state index contributed by atoms with van der Waals surface area (Å²) in [6.45, 7) is 0. The fourth-order valence-corrected chi connectivity index (χ4v) is 4.56. The monoisotopic (exact) mass is 495 g/mol. The number of aromatic nitrogens is 3. The molecule has 1 heterocycles. The quantitative estimate of drug-likeness (QED) is 0.240. The molecule has 0 unspecified atom stereocenters. The zero-order chi connectivity index (χ0) is 25.0. The van der Waals surface area contributed by atoms with Crippen molar-refractivity contribution < 1.29 is 0 Å².